The Kier molecular flexibility index (Phi) is 2.53. The lowest BCUT2D eigenvalue weighted by atomic mass is 10.3. The molecule has 0 fully saturated rings. The summed E-state index contributed by atoms with van der Waals surface area (Å²) in [4.78, 5) is 18.6. The Labute approximate surface area is 112 Å². The SMILES string of the molecule is CN1Cc2c(/C(N)=N/O)ncn2-c2ccsc2C1=O. The van der Waals surface area contributed by atoms with Gasteiger partial charge in [0.05, 0.1) is 17.9 Å². The highest BCUT2D eigenvalue weighted by molar-refractivity contribution is 7.12. The van der Waals surface area contributed by atoms with Crippen molar-refractivity contribution in [2.45, 2.75) is 6.54 Å². The lowest BCUT2D eigenvalue weighted by molar-refractivity contribution is 0.0792. The molecule has 0 aliphatic carbocycles. The standard InChI is InChI=1S/C11H11N5O2S/c1-15-4-7-8(10(12)14-18)13-5-16(7)6-2-3-19-9(6)11(15)17/h2-3,5,18H,4H2,1H3,(H2,12,14). The van der Waals surface area contributed by atoms with Gasteiger partial charge in [-0.1, -0.05) is 5.16 Å². The van der Waals surface area contributed by atoms with Crippen molar-refractivity contribution in [2.24, 2.45) is 10.9 Å². The van der Waals surface area contributed by atoms with Crippen molar-refractivity contribution in [3.05, 3.63) is 34.0 Å². The number of hydrogen-bond acceptors (Lipinski definition) is 5. The van der Waals surface area contributed by atoms with Crippen LogP contribution in [0.1, 0.15) is 21.1 Å². The summed E-state index contributed by atoms with van der Waals surface area (Å²) >= 11 is 1.39. The lowest BCUT2D eigenvalue weighted by Crippen LogP contribution is -2.26. The third-order valence-electron chi connectivity index (χ3n) is 3.05. The number of amidine groups is 1. The molecule has 0 aromatic carbocycles. The van der Waals surface area contributed by atoms with E-state index in [9.17, 15) is 4.79 Å². The maximum Gasteiger partial charge on any atom is 0.266 e. The number of imidazole rings is 1. The predicted molar refractivity (Wildman–Crippen MR) is 69.7 cm³/mol. The largest absolute Gasteiger partial charge is 0.409 e. The number of carbonyl (C=O) groups excluding carboxylic acids is 1. The highest BCUT2D eigenvalue weighted by Gasteiger charge is 2.28. The monoisotopic (exact) mass is 277 g/mol. The van der Waals surface area contributed by atoms with E-state index in [1.54, 1.807) is 22.8 Å². The number of fused-ring (bicyclic) bond motifs is 3. The second-order valence-corrected chi connectivity index (χ2v) is 5.11. The van der Waals surface area contributed by atoms with E-state index >= 15 is 0 Å². The van der Waals surface area contributed by atoms with Crippen LogP contribution in [0.3, 0.4) is 0 Å². The van der Waals surface area contributed by atoms with Gasteiger partial charge >= 0.3 is 0 Å². The first kappa shape index (κ1) is 11.7. The molecule has 0 spiro atoms. The average molecular weight is 277 g/mol. The van der Waals surface area contributed by atoms with Gasteiger partial charge < -0.3 is 15.8 Å². The summed E-state index contributed by atoms with van der Waals surface area (Å²) in [6, 6.07) is 1.86. The molecule has 19 heavy (non-hydrogen) atoms. The molecule has 0 radical (unpaired) electrons. The maximum atomic E-state index is 12.2. The van der Waals surface area contributed by atoms with Crippen LogP contribution in [0.4, 0.5) is 0 Å². The van der Waals surface area contributed by atoms with Gasteiger partial charge in [0, 0.05) is 7.05 Å². The molecule has 0 bridgehead atoms. The van der Waals surface area contributed by atoms with Gasteiger partial charge in [-0.15, -0.1) is 11.3 Å². The zero-order chi connectivity index (χ0) is 13.6. The topological polar surface area (TPSA) is 96.7 Å². The molecule has 1 amide bonds. The third kappa shape index (κ3) is 1.60. The van der Waals surface area contributed by atoms with Crippen LogP contribution in [-0.2, 0) is 6.54 Å². The Morgan fingerprint density at radius 1 is 1.63 bits per heavy atom. The molecular formula is C11H11N5O2S. The van der Waals surface area contributed by atoms with Crippen molar-refractivity contribution < 1.29 is 10.0 Å². The minimum absolute atomic E-state index is 0.0424. The Balaban J connectivity index is 2.26. The molecule has 0 atom stereocenters. The van der Waals surface area contributed by atoms with Gasteiger partial charge in [0.2, 0.25) is 0 Å². The first-order valence-electron chi connectivity index (χ1n) is 5.51. The van der Waals surface area contributed by atoms with Gasteiger partial charge in [-0.25, -0.2) is 4.98 Å². The van der Waals surface area contributed by atoms with Crippen molar-refractivity contribution in [1.82, 2.24) is 14.5 Å². The minimum atomic E-state index is -0.0618. The maximum absolute atomic E-state index is 12.2. The first-order chi connectivity index (χ1) is 9.13. The summed E-state index contributed by atoms with van der Waals surface area (Å²) in [6.07, 6.45) is 1.58. The number of carbonyl (C=O) groups is 1. The van der Waals surface area contributed by atoms with E-state index in [4.69, 9.17) is 10.9 Å². The van der Waals surface area contributed by atoms with Gasteiger partial charge in [0.15, 0.2) is 5.84 Å². The van der Waals surface area contributed by atoms with Crippen molar-refractivity contribution in [3.8, 4) is 5.69 Å². The van der Waals surface area contributed by atoms with Crippen LogP contribution in [0.15, 0.2) is 22.9 Å². The smallest absolute Gasteiger partial charge is 0.266 e. The predicted octanol–water partition coefficient (Wildman–Crippen LogP) is 0.614. The fraction of sp³-hybridized carbons (Fsp3) is 0.182. The number of nitrogens with two attached hydrogens (primary N) is 1. The summed E-state index contributed by atoms with van der Waals surface area (Å²) in [6.45, 7) is 0.353. The number of oxime groups is 1. The number of hydrogen-bond donors (Lipinski definition) is 2. The molecule has 2 aromatic heterocycles. The minimum Gasteiger partial charge on any atom is -0.409 e. The molecule has 3 N–H and O–H groups in total. The molecule has 2 aromatic rings. The number of aromatic nitrogens is 2. The zero-order valence-electron chi connectivity index (χ0n) is 10.1. The molecular weight excluding hydrogens is 266 g/mol. The van der Waals surface area contributed by atoms with Crippen molar-refractivity contribution in [2.75, 3.05) is 7.05 Å². The second-order valence-electron chi connectivity index (χ2n) is 4.19. The quantitative estimate of drug-likeness (QED) is 0.345. The van der Waals surface area contributed by atoms with Crippen LogP contribution >= 0.6 is 11.3 Å². The normalized spacial score (nSPS) is 15.1. The molecule has 3 rings (SSSR count). The van der Waals surface area contributed by atoms with Gasteiger partial charge in [-0.3, -0.25) is 9.36 Å². The number of nitrogens with zero attached hydrogens (tertiary/aromatic N) is 4. The van der Waals surface area contributed by atoms with Crippen LogP contribution in [0.5, 0.6) is 0 Å². The van der Waals surface area contributed by atoms with Gasteiger partial charge in [0.1, 0.15) is 16.9 Å². The van der Waals surface area contributed by atoms with Crippen molar-refractivity contribution >= 4 is 23.1 Å². The van der Waals surface area contributed by atoms with Crippen molar-refractivity contribution in [3.63, 3.8) is 0 Å². The van der Waals surface area contributed by atoms with E-state index in [2.05, 4.69) is 10.1 Å². The van der Waals surface area contributed by atoms with Crippen LogP contribution in [0, 0.1) is 0 Å². The number of rotatable bonds is 1. The molecule has 1 aliphatic heterocycles. The van der Waals surface area contributed by atoms with Crippen LogP contribution in [0.2, 0.25) is 0 Å². The van der Waals surface area contributed by atoms with E-state index in [-0.39, 0.29) is 11.7 Å². The average Bonchev–Trinajstić information content (AvgIpc) is 3.01. The van der Waals surface area contributed by atoms with Crippen LogP contribution < -0.4 is 5.73 Å². The molecule has 8 heteroatoms. The van der Waals surface area contributed by atoms with E-state index < -0.39 is 0 Å². The third-order valence-corrected chi connectivity index (χ3v) is 3.94. The van der Waals surface area contributed by atoms with Gasteiger partial charge in [0.25, 0.3) is 5.91 Å². The Morgan fingerprint density at radius 2 is 2.42 bits per heavy atom. The summed E-state index contributed by atoms with van der Waals surface area (Å²) in [7, 11) is 1.71. The van der Waals surface area contributed by atoms with Gasteiger partial charge in [-0.2, -0.15) is 0 Å². The second kappa shape index (κ2) is 4.09. The Morgan fingerprint density at radius 3 is 3.16 bits per heavy atom. The molecule has 0 saturated carbocycles. The molecule has 7 nitrogen and oxygen atoms in total. The summed E-state index contributed by atoms with van der Waals surface area (Å²) in [5, 5.41) is 13.6. The fourth-order valence-corrected chi connectivity index (χ4v) is 2.99. The first-order valence-corrected chi connectivity index (χ1v) is 6.39. The molecule has 98 valence electrons. The van der Waals surface area contributed by atoms with Gasteiger partial charge in [-0.05, 0) is 11.4 Å². The summed E-state index contributed by atoms with van der Waals surface area (Å²) in [5.41, 5.74) is 7.50. The fourth-order valence-electron chi connectivity index (χ4n) is 2.12. The molecule has 3 heterocycles. The highest BCUT2D eigenvalue weighted by atomic mass is 32.1. The summed E-state index contributed by atoms with van der Waals surface area (Å²) < 4.78 is 1.81. The Hall–Kier alpha value is -2.35. The van der Waals surface area contributed by atoms with Crippen LogP contribution in [0.25, 0.3) is 5.69 Å². The Bertz CT molecular complexity index is 687. The van der Waals surface area contributed by atoms with E-state index in [1.165, 1.54) is 11.3 Å². The van der Waals surface area contributed by atoms with Crippen molar-refractivity contribution in [1.29, 1.82) is 0 Å². The number of thiophene rings is 1. The van der Waals surface area contributed by atoms with E-state index in [0.717, 1.165) is 11.4 Å². The summed E-state index contributed by atoms with van der Waals surface area (Å²) in [5.74, 6) is -0.104. The zero-order valence-corrected chi connectivity index (χ0v) is 10.9. The lowest BCUT2D eigenvalue weighted by Gasteiger charge is -2.13. The molecule has 0 saturated heterocycles. The molecule has 1 aliphatic rings. The van der Waals surface area contributed by atoms with E-state index in [0.29, 0.717) is 17.1 Å². The number of amides is 1. The highest BCUT2D eigenvalue weighted by Crippen LogP contribution is 2.29. The van der Waals surface area contributed by atoms with E-state index in [1.807, 2.05) is 11.4 Å². The molecule has 0 unspecified atom stereocenters. The van der Waals surface area contributed by atoms with Crippen LogP contribution in [-0.4, -0.2) is 38.4 Å².